The van der Waals surface area contributed by atoms with Gasteiger partial charge in [0.2, 0.25) is 0 Å². The fourth-order valence-electron chi connectivity index (χ4n) is 2.58. The third-order valence-corrected chi connectivity index (χ3v) is 4.44. The lowest BCUT2D eigenvalue weighted by Gasteiger charge is -2.11. The molecule has 0 atom stereocenters. The van der Waals surface area contributed by atoms with Gasteiger partial charge in [0.1, 0.15) is 5.82 Å². The highest BCUT2D eigenvalue weighted by molar-refractivity contribution is 7.08. The van der Waals surface area contributed by atoms with E-state index >= 15 is 0 Å². The molecule has 2 aromatic heterocycles. The first-order chi connectivity index (χ1) is 11.8. The molecule has 0 aliphatic rings. The van der Waals surface area contributed by atoms with Crippen LogP contribution in [-0.4, -0.2) is 15.1 Å². The third kappa shape index (κ3) is 2.87. The first-order valence-corrected chi connectivity index (χ1v) is 8.54. The Labute approximate surface area is 143 Å². The Morgan fingerprint density at radius 2 is 1.92 bits per heavy atom. The lowest BCUT2D eigenvalue weighted by Crippen LogP contribution is -1.99. The van der Waals surface area contributed by atoms with Gasteiger partial charge in [0.25, 0.3) is 0 Å². The van der Waals surface area contributed by atoms with Gasteiger partial charge in [0, 0.05) is 22.0 Å². The third-order valence-electron chi connectivity index (χ3n) is 3.75. The highest BCUT2D eigenvalue weighted by Gasteiger charge is 2.10. The van der Waals surface area contributed by atoms with Crippen molar-refractivity contribution in [2.75, 3.05) is 5.32 Å². The summed E-state index contributed by atoms with van der Waals surface area (Å²) < 4.78 is 0. The summed E-state index contributed by atoms with van der Waals surface area (Å²) in [6, 6.07) is 17.6. The standard InChI is InChI=1S/C19H15N3OS/c23-11-13-4-3-5-15(10-13)20-19-16-6-1-2-7-17(16)21-18(22-19)14-8-9-24-12-14/h1-10,12,23H,11H2,(H,20,21,22). The monoisotopic (exact) mass is 333 g/mol. The van der Waals surface area contributed by atoms with Gasteiger partial charge in [-0.15, -0.1) is 0 Å². The van der Waals surface area contributed by atoms with Crippen molar-refractivity contribution in [3.8, 4) is 11.4 Å². The largest absolute Gasteiger partial charge is 0.392 e. The molecule has 2 aromatic carbocycles. The number of benzene rings is 2. The Balaban J connectivity index is 1.83. The lowest BCUT2D eigenvalue weighted by molar-refractivity contribution is 0.282. The van der Waals surface area contributed by atoms with Crippen LogP contribution in [0, 0.1) is 0 Å². The molecule has 0 saturated carbocycles. The summed E-state index contributed by atoms with van der Waals surface area (Å²) in [5.74, 6) is 1.47. The number of nitrogens with one attached hydrogen (secondary N) is 1. The highest BCUT2D eigenvalue weighted by Crippen LogP contribution is 2.28. The van der Waals surface area contributed by atoms with Crippen LogP contribution in [0.15, 0.2) is 65.4 Å². The Kier molecular flexibility index (Phi) is 3.94. The molecule has 0 aliphatic heterocycles. The fraction of sp³-hybridized carbons (Fsp3) is 0.0526. The van der Waals surface area contributed by atoms with Crippen LogP contribution in [0.5, 0.6) is 0 Å². The molecule has 4 aromatic rings. The maximum atomic E-state index is 9.32. The molecule has 0 spiro atoms. The van der Waals surface area contributed by atoms with Crippen molar-refractivity contribution in [2.24, 2.45) is 0 Å². The van der Waals surface area contributed by atoms with Gasteiger partial charge in [-0.25, -0.2) is 9.97 Å². The zero-order chi connectivity index (χ0) is 16.4. The topological polar surface area (TPSA) is 58.0 Å². The average Bonchev–Trinajstić information content (AvgIpc) is 3.16. The number of para-hydroxylation sites is 1. The minimum absolute atomic E-state index is 0.0141. The van der Waals surface area contributed by atoms with E-state index in [1.807, 2.05) is 65.4 Å². The number of aliphatic hydroxyl groups excluding tert-OH is 1. The summed E-state index contributed by atoms with van der Waals surface area (Å²) in [7, 11) is 0. The number of rotatable bonds is 4. The number of aromatic nitrogens is 2. The van der Waals surface area contributed by atoms with Crippen molar-refractivity contribution in [1.29, 1.82) is 0 Å². The summed E-state index contributed by atoms with van der Waals surface area (Å²) >= 11 is 1.63. The summed E-state index contributed by atoms with van der Waals surface area (Å²) in [5.41, 5.74) is 3.66. The SMILES string of the molecule is OCc1cccc(Nc2nc(-c3ccsc3)nc3ccccc23)c1. The van der Waals surface area contributed by atoms with Gasteiger partial charge in [0.05, 0.1) is 12.1 Å². The summed E-state index contributed by atoms with van der Waals surface area (Å²) in [4.78, 5) is 9.39. The molecule has 5 heteroatoms. The van der Waals surface area contributed by atoms with E-state index < -0.39 is 0 Å². The smallest absolute Gasteiger partial charge is 0.163 e. The average molecular weight is 333 g/mol. The zero-order valence-corrected chi connectivity index (χ0v) is 13.6. The molecular formula is C19H15N3OS. The maximum Gasteiger partial charge on any atom is 0.163 e. The van der Waals surface area contributed by atoms with E-state index in [9.17, 15) is 5.11 Å². The second kappa shape index (κ2) is 6.39. The second-order valence-corrected chi connectivity index (χ2v) is 6.19. The normalized spacial score (nSPS) is 10.9. The van der Waals surface area contributed by atoms with Crippen LogP contribution >= 0.6 is 11.3 Å². The number of nitrogens with zero attached hydrogens (tertiary/aromatic N) is 2. The molecule has 4 nitrogen and oxygen atoms in total. The van der Waals surface area contributed by atoms with Crippen LogP contribution in [0.25, 0.3) is 22.3 Å². The number of hydrogen-bond acceptors (Lipinski definition) is 5. The predicted molar refractivity (Wildman–Crippen MR) is 98.5 cm³/mol. The molecule has 0 aliphatic carbocycles. The Hall–Kier alpha value is -2.76. The van der Waals surface area contributed by atoms with Crippen molar-refractivity contribution in [3.63, 3.8) is 0 Å². The van der Waals surface area contributed by atoms with Crippen molar-refractivity contribution >= 4 is 33.7 Å². The second-order valence-electron chi connectivity index (χ2n) is 5.41. The quantitative estimate of drug-likeness (QED) is 0.573. The Bertz CT molecular complexity index is 983. The molecule has 4 rings (SSSR count). The molecule has 0 saturated heterocycles. The van der Waals surface area contributed by atoms with Gasteiger partial charge < -0.3 is 10.4 Å². The van der Waals surface area contributed by atoms with Gasteiger partial charge in [-0.3, -0.25) is 0 Å². The number of anilines is 2. The number of fused-ring (bicyclic) bond motifs is 1. The zero-order valence-electron chi connectivity index (χ0n) is 12.8. The van der Waals surface area contributed by atoms with Crippen LogP contribution in [0.3, 0.4) is 0 Å². The van der Waals surface area contributed by atoms with Crippen LogP contribution in [0.2, 0.25) is 0 Å². The predicted octanol–water partition coefficient (Wildman–Crippen LogP) is 4.59. The van der Waals surface area contributed by atoms with Gasteiger partial charge in [-0.05, 0) is 41.3 Å². The first kappa shape index (κ1) is 14.8. The van der Waals surface area contributed by atoms with Crippen molar-refractivity contribution in [1.82, 2.24) is 9.97 Å². The molecule has 0 radical (unpaired) electrons. The fourth-order valence-corrected chi connectivity index (χ4v) is 3.21. The van der Waals surface area contributed by atoms with Crippen molar-refractivity contribution < 1.29 is 5.11 Å². The molecule has 0 bridgehead atoms. The molecule has 118 valence electrons. The van der Waals surface area contributed by atoms with Gasteiger partial charge >= 0.3 is 0 Å². The minimum Gasteiger partial charge on any atom is -0.392 e. The van der Waals surface area contributed by atoms with E-state index in [-0.39, 0.29) is 6.61 Å². The molecule has 0 unspecified atom stereocenters. The summed E-state index contributed by atoms with van der Waals surface area (Å²) in [6.45, 7) is 0.0141. The van der Waals surface area contributed by atoms with E-state index in [1.54, 1.807) is 11.3 Å². The van der Waals surface area contributed by atoms with E-state index in [4.69, 9.17) is 4.98 Å². The van der Waals surface area contributed by atoms with Crippen LogP contribution < -0.4 is 5.32 Å². The molecular weight excluding hydrogens is 318 g/mol. The van der Waals surface area contributed by atoms with Crippen molar-refractivity contribution in [2.45, 2.75) is 6.61 Å². The van der Waals surface area contributed by atoms with Gasteiger partial charge in [0.15, 0.2) is 5.82 Å². The van der Waals surface area contributed by atoms with Crippen LogP contribution in [0.4, 0.5) is 11.5 Å². The first-order valence-electron chi connectivity index (χ1n) is 7.60. The number of hydrogen-bond donors (Lipinski definition) is 2. The molecule has 0 fully saturated rings. The summed E-state index contributed by atoms with van der Waals surface area (Å²) in [6.07, 6.45) is 0. The van der Waals surface area contributed by atoms with E-state index in [0.717, 1.165) is 33.5 Å². The van der Waals surface area contributed by atoms with E-state index in [2.05, 4.69) is 10.3 Å². The van der Waals surface area contributed by atoms with Crippen molar-refractivity contribution in [3.05, 3.63) is 70.9 Å². The van der Waals surface area contributed by atoms with E-state index in [0.29, 0.717) is 5.82 Å². The number of aliphatic hydroxyl groups is 1. The van der Waals surface area contributed by atoms with Crippen LogP contribution in [-0.2, 0) is 6.61 Å². The Morgan fingerprint density at radius 3 is 2.75 bits per heavy atom. The van der Waals surface area contributed by atoms with Crippen LogP contribution in [0.1, 0.15) is 5.56 Å². The summed E-state index contributed by atoms with van der Waals surface area (Å²) in [5, 5.41) is 17.7. The van der Waals surface area contributed by atoms with Gasteiger partial charge in [-0.2, -0.15) is 11.3 Å². The molecule has 2 heterocycles. The Morgan fingerprint density at radius 1 is 1.00 bits per heavy atom. The lowest BCUT2D eigenvalue weighted by atomic mass is 10.2. The molecule has 0 amide bonds. The minimum atomic E-state index is 0.0141. The molecule has 24 heavy (non-hydrogen) atoms. The maximum absolute atomic E-state index is 9.32. The number of thiophene rings is 1. The van der Waals surface area contributed by atoms with E-state index in [1.165, 1.54) is 0 Å². The highest BCUT2D eigenvalue weighted by atomic mass is 32.1. The van der Waals surface area contributed by atoms with Gasteiger partial charge in [-0.1, -0.05) is 24.3 Å². The molecule has 2 N–H and O–H groups in total.